The summed E-state index contributed by atoms with van der Waals surface area (Å²) in [6, 6.07) is 13.6. The molecule has 8 heteroatoms. The van der Waals surface area contributed by atoms with Gasteiger partial charge in [-0.1, -0.05) is 11.6 Å². The molecule has 1 saturated heterocycles. The SMILES string of the molecule is CN(C(=O)NCc1cc2cc(Cl)ccc2[nH]1)[C@@H]1CCCN(C(=O)c2ccc(O)cc2)C1. The third-order valence-corrected chi connectivity index (χ3v) is 5.97. The molecule has 1 aromatic heterocycles. The van der Waals surface area contributed by atoms with E-state index in [1.54, 1.807) is 29.0 Å². The van der Waals surface area contributed by atoms with Gasteiger partial charge in [-0.3, -0.25) is 4.79 Å². The second-order valence-corrected chi connectivity index (χ2v) is 8.33. The Labute approximate surface area is 185 Å². The van der Waals surface area contributed by atoms with E-state index in [2.05, 4.69) is 10.3 Å². The van der Waals surface area contributed by atoms with Gasteiger partial charge in [-0.15, -0.1) is 0 Å². The number of phenolic OH excluding ortho intramolecular Hbond substituents is 1. The summed E-state index contributed by atoms with van der Waals surface area (Å²) in [5.41, 5.74) is 2.40. The molecule has 4 rings (SSSR count). The zero-order valence-corrected chi connectivity index (χ0v) is 18.0. The summed E-state index contributed by atoms with van der Waals surface area (Å²) in [4.78, 5) is 32.2. The Morgan fingerprint density at radius 2 is 2.00 bits per heavy atom. The van der Waals surface area contributed by atoms with Gasteiger partial charge in [-0.05, 0) is 61.4 Å². The van der Waals surface area contributed by atoms with Crippen molar-refractivity contribution in [3.05, 3.63) is 64.8 Å². The zero-order valence-electron chi connectivity index (χ0n) is 17.3. The number of hydrogen-bond donors (Lipinski definition) is 3. The third kappa shape index (κ3) is 4.77. The fourth-order valence-electron chi connectivity index (χ4n) is 3.96. The van der Waals surface area contributed by atoms with Crippen LogP contribution in [0, 0.1) is 0 Å². The number of rotatable bonds is 4. The van der Waals surface area contributed by atoms with Gasteiger partial charge in [-0.2, -0.15) is 0 Å². The summed E-state index contributed by atoms with van der Waals surface area (Å²) in [6.45, 7) is 1.51. The van der Waals surface area contributed by atoms with E-state index >= 15 is 0 Å². The van der Waals surface area contributed by atoms with Crippen LogP contribution >= 0.6 is 11.6 Å². The van der Waals surface area contributed by atoms with Crippen LogP contribution in [0.2, 0.25) is 5.02 Å². The number of amides is 3. The van der Waals surface area contributed by atoms with Gasteiger partial charge >= 0.3 is 6.03 Å². The second-order valence-electron chi connectivity index (χ2n) is 7.89. The minimum absolute atomic E-state index is 0.0589. The van der Waals surface area contributed by atoms with E-state index in [1.165, 1.54) is 12.1 Å². The van der Waals surface area contributed by atoms with E-state index in [0.29, 0.717) is 30.2 Å². The van der Waals surface area contributed by atoms with Gasteiger partial charge in [0.25, 0.3) is 5.91 Å². The molecule has 162 valence electrons. The Morgan fingerprint density at radius 1 is 1.23 bits per heavy atom. The van der Waals surface area contributed by atoms with Gasteiger partial charge in [0.15, 0.2) is 0 Å². The fourth-order valence-corrected chi connectivity index (χ4v) is 4.14. The largest absolute Gasteiger partial charge is 0.508 e. The number of nitrogens with zero attached hydrogens (tertiary/aromatic N) is 2. The van der Waals surface area contributed by atoms with Gasteiger partial charge in [0.2, 0.25) is 0 Å². The maximum atomic E-state index is 12.8. The van der Waals surface area contributed by atoms with Crippen LogP contribution in [-0.4, -0.2) is 58.0 Å². The number of likely N-dealkylation sites (N-methyl/N-ethyl adjacent to an activating group) is 1. The average Bonchev–Trinajstić information content (AvgIpc) is 3.19. The van der Waals surface area contributed by atoms with Crippen LogP contribution in [0.4, 0.5) is 4.79 Å². The average molecular weight is 441 g/mol. The molecular weight excluding hydrogens is 416 g/mol. The molecule has 1 aliphatic rings. The molecule has 0 radical (unpaired) electrons. The number of likely N-dealkylation sites (tertiary alicyclic amines) is 1. The Balaban J connectivity index is 1.35. The topological polar surface area (TPSA) is 88.7 Å². The van der Waals surface area contributed by atoms with E-state index < -0.39 is 0 Å². The number of hydrogen-bond acceptors (Lipinski definition) is 3. The summed E-state index contributed by atoms with van der Waals surface area (Å²) in [6.07, 6.45) is 1.67. The van der Waals surface area contributed by atoms with Crippen LogP contribution in [0.3, 0.4) is 0 Å². The predicted molar refractivity (Wildman–Crippen MR) is 120 cm³/mol. The summed E-state index contributed by atoms with van der Waals surface area (Å²) >= 11 is 6.03. The molecule has 1 aliphatic heterocycles. The van der Waals surface area contributed by atoms with E-state index in [-0.39, 0.29) is 23.7 Å². The minimum Gasteiger partial charge on any atom is -0.508 e. The molecule has 0 saturated carbocycles. The standard InChI is InChI=1S/C23H25ClN4O3/c1-27(23(31)25-13-18-12-16-11-17(24)6-9-21(16)26-18)19-3-2-10-28(14-19)22(30)15-4-7-20(29)8-5-15/h4-9,11-12,19,26,29H,2-3,10,13-14H2,1H3,(H,25,31)/t19-/m1/s1. The molecule has 3 N–H and O–H groups in total. The molecule has 3 aromatic rings. The number of phenols is 1. The number of aromatic hydroxyl groups is 1. The number of fused-ring (bicyclic) bond motifs is 1. The van der Waals surface area contributed by atoms with Crippen molar-refractivity contribution in [2.75, 3.05) is 20.1 Å². The van der Waals surface area contributed by atoms with Crippen molar-refractivity contribution in [2.45, 2.75) is 25.4 Å². The molecule has 7 nitrogen and oxygen atoms in total. The van der Waals surface area contributed by atoms with Gasteiger partial charge in [0.1, 0.15) is 5.75 Å². The molecule has 0 bridgehead atoms. The minimum atomic E-state index is -0.180. The van der Waals surface area contributed by atoms with Crippen molar-refractivity contribution >= 4 is 34.4 Å². The lowest BCUT2D eigenvalue weighted by molar-refractivity contribution is 0.0636. The molecular formula is C23H25ClN4O3. The quantitative estimate of drug-likeness (QED) is 0.573. The summed E-state index contributed by atoms with van der Waals surface area (Å²) in [5.74, 6) is 0.0396. The van der Waals surface area contributed by atoms with Crippen LogP contribution in [0.1, 0.15) is 28.9 Å². The van der Waals surface area contributed by atoms with Gasteiger partial charge in [-0.25, -0.2) is 4.79 Å². The van der Waals surface area contributed by atoms with Gasteiger partial charge in [0.05, 0.1) is 12.6 Å². The van der Waals surface area contributed by atoms with Gasteiger partial charge in [0, 0.05) is 47.3 Å². The molecule has 2 aromatic carbocycles. The number of carbonyl (C=O) groups excluding carboxylic acids is 2. The van der Waals surface area contributed by atoms with E-state index in [4.69, 9.17) is 11.6 Å². The number of halogens is 1. The van der Waals surface area contributed by atoms with Crippen LogP contribution in [0.15, 0.2) is 48.5 Å². The van der Waals surface area contributed by atoms with Crippen molar-refractivity contribution in [1.82, 2.24) is 20.1 Å². The number of aromatic nitrogens is 1. The van der Waals surface area contributed by atoms with Crippen LogP contribution in [0.5, 0.6) is 5.75 Å². The maximum Gasteiger partial charge on any atom is 0.317 e. The van der Waals surface area contributed by atoms with Crippen molar-refractivity contribution in [3.63, 3.8) is 0 Å². The van der Waals surface area contributed by atoms with Crippen molar-refractivity contribution in [1.29, 1.82) is 0 Å². The van der Waals surface area contributed by atoms with Crippen molar-refractivity contribution in [2.24, 2.45) is 0 Å². The lowest BCUT2D eigenvalue weighted by Gasteiger charge is -2.37. The summed E-state index contributed by atoms with van der Waals surface area (Å²) in [5, 5.41) is 14.0. The normalized spacial score (nSPS) is 16.3. The fraction of sp³-hybridized carbons (Fsp3) is 0.304. The molecule has 3 amide bonds. The number of carbonyl (C=O) groups is 2. The Morgan fingerprint density at radius 3 is 2.77 bits per heavy atom. The highest BCUT2D eigenvalue weighted by Crippen LogP contribution is 2.21. The first-order chi connectivity index (χ1) is 14.9. The number of aromatic amines is 1. The molecule has 1 atom stereocenters. The zero-order chi connectivity index (χ0) is 22.0. The van der Waals surface area contributed by atoms with Crippen molar-refractivity contribution in [3.8, 4) is 5.75 Å². The van der Waals surface area contributed by atoms with Crippen LogP contribution in [0.25, 0.3) is 10.9 Å². The van der Waals surface area contributed by atoms with Crippen LogP contribution < -0.4 is 5.32 Å². The molecule has 0 spiro atoms. The highest BCUT2D eigenvalue weighted by atomic mass is 35.5. The Kier molecular flexibility index (Phi) is 6.04. The highest BCUT2D eigenvalue weighted by Gasteiger charge is 2.29. The number of H-pyrrole nitrogens is 1. The second kappa shape index (κ2) is 8.89. The molecule has 0 aliphatic carbocycles. The first kappa shape index (κ1) is 21.1. The van der Waals surface area contributed by atoms with Gasteiger partial charge < -0.3 is 25.2 Å². The molecule has 0 unspecified atom stereocenters. The number of benzene rings is 2. The lowest BCUT2D eigenvalue weighted by atomic mass is 10.0. The monoisotopic (exact) mass is 440 g/mol. The molecule has 31 heavy (non-hydrogen) atoms. The van der Waals surface area contributed by atoms with Crippen molar-refractivity contribution < 1.29 is 14.7 Å². The third-order valence-electron chi connectivity index (χ3n) is 5.73. The van der Waals surface area contributed by atoms with E-state index in [9.17, 15) is 14.7 Å². The number of urea groups is 1. The summed E-state index contributed by atoms with van der Waals surface area (Å²) in [7, 11) is 1.76. The Hall–Kier alpha value is -3.19. The first-order valence-corrected chi connectivity index (χ1v) is 10.6. The summed E-state index contributed by atoms with van der Waals surface area (Å²) < 4.78 is 0. The first-order valence-electron chi connectivity index (χ1n) is 10.3. The molecule has 2 heterocycles. The Bertz CT molecular complexity index is 1100. The number of piperidine rings is 1. The number of nitrogens with one attached hydrogen (secondary N) is 2. The van der Waals surface area contributed by atoms with Crippen LogP contribution in [-0.2, 0) is 6.54 Å². The lowest BCUT2D eigenvalue weighted by Crippen LogP contribution is -2.52. The smallest absolute Gasteiger partial charge is 0.317 e. The molecule has 1 fully saturated rings. The maximum absolute atomic E-state index is 12.8. The van der Waals surface area contributed by atoms with E-state index in [0.717, 1.165) is 29.4 Å². The highest BCUT2D eigenvalue weighted by molar-refractivity contribution is 6.31. The predicted octanol–water partition coefficient (Wildman–Crippen LogP) is 3.97. The van der Waals surface area contributed by atoms with E-state index in [1.807, 2.05) is 24.3 Å².